The lowest BCUT2D eigenvalue weighted by atomic mass is 10.6. The lowest BCUT2D eigenvalue weighted by Gasteiger charge is -1.87. The second-order valence-corrected chi connectivity index (χ2v) is 1.44. The van der Waals surface area contributed by atoms with Crippen LogP contribution in [0.25, 0.3) is 0 Å². The van der Waals surface area contributed by atoms with Crippen molar-refractivity contribution in [2.75, 3.05) is 20.6 Å². The van der Waals surface area contributed by atoms with Crippen LogP contribution in [0.15, 0.2) is 0 Å². The van der Waals surface area contributed by atoms with E-state index >= 15 is 0 Å². The largest absolute Gasteiger partial charge is 0.182 e. The Morgan fingerprint density at radius 3 is 2.17 bits per heavy atom. The van der Waals surface area contributed by atoms with E-state index in [9.17, 15) is 0 Å². The van der Waals surface area contributed by atoms with Gasteiger partial charge in [0.05, 0.1) is 0 Å². The van der Waals surface area contributed by atoms with Gasteiger partial charge in [-0.05, 0) is 5.92 Å². The molecule has 0 unspecified atom stereocenters. The molecule has 1 nitrogen and oxygen atoms in total. The maximum absolute atomic E-state index is 4.94. The summed E-state index contributed by atoms with van der Waals surface area (Å²) in [5.74, 6) is 2.49. The molecule has 0 heterocycles. The van der Waals surface area contributed by atoms with E-state index in [4.69, 9.17) is 6.42 Å². The molecule has 6 heavy (non-hydrogen) atoms. The van der Waals surface area contributed by atoms with Crippen LogP contribution in [0.5, 0.6) is 0 Å². The molecule has 0 atom stereocenters. The fourth-order valence-electron chi connectivity index (χ4n) is 0.183. The van der Waals surface area contributed by atoms with E-state index in [1.807, 2.05) is 19.0 Å². The Bertz CT molecular complexity index is 58.8. The van der Waals surface area contributed by atoms with Gasteiger partial charge in [0.1, 0.15) is 14.1 Å². The number of hydrogen-bond donors (Lipinski definition) is 0. The highest BCUT2D eigenvalue weighted by atomic mass is 15.0. The molecule has 0 aliphatic carbocycles. The quantitative estimate of drug-likeness (QED) is 0.311. The predicted molar refractivity (Wildman–Crippen MR) is 27.7 cm³/mol. The normalized spacial score (nSPS) is 8.33. The fourth-order valence-corrected chi connectivity index (χ4v) is 0.183. The molecule has 0 saturated heterocycles. The Hall–Kier alpha value is -0.480. The molecule has 1 radical (unpaired) electrons. The summed E-state index contributed by atoms with van der Waals surface area (Å²) in [7, 11) is 3.89. The van der Waals surface area contributed by atoms with Gasteiger partial charge in [0, 0.05) is 0 Å². The molecule has 0 fully saturated rings. The minimum absolute atomic E-state index is 0.736. The van der Waals surface area contributed by atoms with Gasteiger partial charge >= 0.3 is 0 Å². The van der Waals surface area contributed by atoms with Crippen LogP contribution in [0.3, 0.4) is 0 Å². The molecule has 0 aromatic heterocycles. The molecule has 0 spiro atoms. The second kappa shape index (κ2) is 2.74. The Kier molecular flexibility index (Phi) is 2.52. The summed E-state index contributed by atoms with van der Waals surface area (Å²) in [6.45, 7) is 0.736. The van der Waals surface area contributed by atoms with Gasteiger partial charge in [0.15, 0.2) is 6.54 Å². The van der Waals surface area contributed by atoms with Crippen molar-refractivity contribution in [3.05, 3.63) is 0 Å². The molecule has 0 N–H and O–H groups in total. The van der Waals surface area contributed by atoms with Crippen LogP contribution in [0, 0.1) is 12.3 Å². The first-order valence-corrected chi connectivity index (χ1v) is 1.85. The molecule has 0 bridgehead atoms. The predicted octanol–water partition coefficient (Wildman–Crippen LogP) is 0.0193. The average Bonchev–Trinajstić information content (AvgIpc) is 1.35. The third-order valence-electron chi connectivity index (χ3n) is 0.408. The monoisotopic (exact) mass is 83.1 g/mol. The number of terminal acetylenes is 1. The SMILES string of the molecule is C#CC[N+](C)C. The Morgan fingerprint density at radius 1 is 1.67 bits per heavy atom. The fraction of sp³-hybridized carbons (Fsp3) is 0.600. The third kappa shape index (κ3) is 3.52. The highest BCUT2D eigenvalue weighted by Gasteiger charge is 1.87. The number of rotatable bonds is 1. The highest BCUT2D eigenvalue weighted by molar-refractivity contribution is 4.87. The van der Waals surface area contributed by atoms with Gasteiger partial charge in [0.2, 0.25) is 0 Å². The van der Waals surface area contributed by atoms with Gasteiger partial charge in [-0.3, -0.25) is 0 Å². The van der Waals surface area contributed by atoms with E-state index in [0.717, 1.165) is 6.54 Å². The van der Waals surface area contributed by atoms with Crippen molar-refractivity contribution in [1.29, 1.82) is 0 Å². The van der Waals surface area contributed by atoms with Gasteiger partial charge < -0.3 is 0 Å². The minimum atomic E-state index is 0.736. The van der Waals surface area contributed by atoms with Crippen molar-refractivity contribution in [1.82, 2.24) is 4.90 Å². The van der Waals surface area contributed by atoms with Gasteiger partial charge in [-0.1, -0.05) is 0 Å². The van der Waals surface area contributed by atoms with Gasteiger partial charge in [-0.25, -0.2) is 0 Å². The van der Waals surface area contributed by atoms with E-state index in [-0.39, 0.29) is 0 Å². The highest BCUT2D eigenvalue weighted by Crippen LogP contribution is 1.59. The zero-order chi connectivity index (χ0) is 4.99. The lowest BCUT2D eigenvalue weighted by molar-refractivity contribution is 0.635. The molecular formula is C5H9N+. The van der Waals surface area contributed by atoms with Gasteiger partial charge in [0.25, 0.3) is 0 Å². The number of nitrogens with zero attached hydrogens (tertiary/aromatic N) is 1. The molecule has 0 aliphatic heterocycles. The molecule has 0 saturated carbocycles. The van der Waals surface area contributed by atoms with Crippen molar-refractivity contribution in [3.63, 3.8) is 0 Å². The smallest absolute Gasteiger partial charge is 0.164 e. The Morgan fingerprint density at radius 2 is 2.17 bits per heavy atom. The zero-order valence-corrected chi connectivity index (χ0v) is 4.23. The van der Waals surface area contributed by atoms with Crippen molar-refractivity contribution >= 4 is 0 Å². The van der Waals surface area contributed by atoms with Crippen LogP contribution in [-0.4, -0.2) is 20.6 Å². The maximum Gasteiger partial charge on any atom is 0.182 e. The molecular weight excluding hydrogens is 74.1 g/mol. The van der Waals surface area contributed by atoms with E-state index < -0.39 is 0 Å². The second-order valence-electron chi connectivity index (χ2n) is 1.44. The Labute approximate surface area is 39.0 Å². The summed E-state index contributed by atoms with van der Waals surface area (Å²) in [6.07, 6.45) is 4.94. The van der Waals surface area contributed by atoms with Crippen molar-refractivity contribution in [3.8, 4) is 12.3 Å². The summed E-state index contributed by atoms with van der Waals surface area (Å²) in [4.78, 5) is 1.94. The van der Waals surface area contributed by atoms with Crippen LogP contribution in [0.1, 0.15) is 0 Å². The van der Waals surface area contributed by atoms with E-state index in [1.54, 1.807) is 0 Å². The molecule has 1 heteroatoms. The number of hydrogen-bond acceptors (Lipinski definition) is 1. The first-order chi connectivity index (χ1) is 2.77. The maximum atomic E-state index is 4.94. The van der Waals surface area contributed by atoms with Crippen LogP contribution in [-0.2, 0) is 0 Å². The Balaban J connectivity index is 2.88. The van der Waals surface area contributed by atoms with Crippen LogP contribution < -0.4 is 4.90 Å². The van der Waals surface area contributed by atoms with Gasteiger partial charge in [-0.15, -0.1) is 6.42 Å². The molecule has 33 valence electrons. The standard InChI is InChI=1S/C5H9N/c1-4-5-6(2)3/h1H,5H2,2-3H3/q+1. The third-order valence-corrected chi connectivity index (χ3v) is 0.408. The average molecular weight is 83.1 g/mol. The first-order valence-electron chi connectivity index (χ1n) is 1.85. The van der Waals surface area contributed by atoms with Crippen LogP contribution in [0.2, 0.25) is 0 Å². The van der Waals surface area contributed by atoms with Crippen LogP contribution >= 0.6 is 0 Å². The van der Waals surface area contributed by atoms with E-state index in [2.05, 4.69) is 5.92 Å². The van der Waals surface area contributed by atoms with Gasteiger partial charge in [-0.2, -0.15) is 4.90 Å². The summed E-state index contributed by atoms with van der Waals surface area (Å²) >= 11 is 0. The van der Waals surface area contributed by atoms with E-state index in [0.29, 0.717) is 0 Å². The molecule has 0 aromatic rings. The molecule has 0 aliphatic rings. The summed E-state index contributed by atoms with van der Waals surface area (Å²) < 4.78 is 0. The topological polar surface area (TPSA) is 5.90 Å². The van der Waals surface area contributed by atoms with Crippen molar-refractivity contribution in [2.45, 2.75) is 0 Å². The van der Waals surface area contributed by atoms with Crippen LogP contribution in [0.4, 0.5) is 0 Å². The summed E-state index contributed by atoms with van der Waals surface area (Å²) in [5, 5.41) is 0. The first kappa shape index (κ1) is 5.52. The molecule has 0 rings (SSSR count). The minimum Gasteiger partial charge on any atom is -0.164 e. The zero-order valence-electron chi connectivity index (χ0n) is 4.23. The molecule has 0 aromatic carbocycles. The molecule has 0 amide bonds. The van der Waals surface area contributed by atoms with E-state index in [1.165, 1.54) is 0 Å². The lowest BCUT2D eigenvalue weighted by Crippen LogP contribution is -2.17. The van der Waals surface area contributed by atoms with Crippen molar-refractivity contribution in [2.24, 2.45) is 0 Å². The summed E-state index contributed by atoms with van der Waals surface area (Å²) in [5.41, 5.74) is 0. The van der Waals surface area contributed by atoms with Crippen molar-refractivity contribution < 1.29 is 0 Å². The summed E-state index contributed by atoms with van der Waals surface area (Å²) in [6, 6.07) is 0.